The molecule has 0 fully saturated rings. The van der Waals surface area contributed by atoms with Gasteiger partial charge in [0, 0.05) is 29.8 Å². The van der Waals surface area contributed by atoms with E-state index >= 15 is 0 Å². The van der Waals surface area contributed by atoms with Gasteiger partial charge in [-0.15, -0.1) is 0 Å². The Balaban J connectivity index is 1.74. The number of nitrogens with zero attached hydrogens (tertiary/aromatic N) is 2. The number of carbonyl (C=O) groups is 1. The molecular weight excluding hydrogens is 410 g/mol. The van der Waals surface area contributed by atoms with Gasteiger partial charge in [0.25, 0.3) is 5.56 Å². The minimum atomic E-state index is -0.240. The fraction of sp³-hybridized carbons (Fsp3) is 0.179. The van der Waals surface area contributed by atoms with E-state index in [1.807, 2.05) is 86.6 Å². The van der Waals surface area contributed by atoms with E-state index in [0.717, 1.165) is 38.7 Å². The fourth-order valence-electron chi connectivity index (χ4n) is 4.69. The van der Waals surface area contributed by atoms with Crippen molar-refractivity contribution >= 4 is 22.5 Å². The Morgan fingerprint density at radius 1 is 0.939 bits per heavy atom. The van der Waals surface area contributed by atoms with Crippen molar-refractivity contribution in [1.82, 2.24) is 9.99 Å². The molecule has 1 unspecified atom stereocenters. The molecule has 5 heteroatoms. The van der Waals surface area contributed by atoms with E-state index in [1.165, 1.54) is 11.9 Å². The van der Waals surface area contributed by atoms with E-state index in [2.05, 4.69) is 4.98 Å². The van der Waals surface area contributed by atoms with Crippen molar-refractivity contribution < 1.29 is 4.79 Å². The number of amides is 1. The number of hydrogen-bond acceptors (Lipinski definition) is 3. The summed E-state index contributed by atoms with van der Waals surface area (Å²) in [6, 6.07) is 23.7. The van der Waals surface area contributed by atoms with E-state index in [0.29, 0.717) is 17.7 Å². The molecule has 2 heterocycles. The zero-order chi connectivity index (χ0) is 23.1. The van der Waals surface area contributed by atoms with Crippen LogP contribution >= 0.6 is 0 Å². The molecule has 1 amide bonds. The molecular formula is C28H25N3O2. The minimum absolute atomic E-state index is 0.146. The van der Waals surface area contributed by atoms with Crippen LogP contribution in [0.5, 0.6) is 0 Å². The quantitative estimate of drug-likeness (QED) is 0.461. The van der Waals surface area contributed by atoms with Crippen molar-refractivity contribution in [3.63, 3.8) is 0 Å². The molecule has 1 aliphatic heterocycles. The third-order valence-electron chi connectivity index (χ3n) is 6.33. The number of hydrogen-bond donors (Lipinski definition) is 1. The van der Waals surface area contributed by atoms with Crippen LogP contribution in [-0.4, -0.2) is 21.6 Å². The zero-order valence-electron chi connectivity index (χ0n) is 18.9. The SMILES string of the molecule is CC(=O)N1N=C(c2c(-c3ccc(C)cc3)c3ccccc3[nH]c2=O)CC1c1ccccc1C. The summed E-state index contributed by atoms with van der Waals surface area (Å²) in [6.07, 6.45) is 0.477. The van der Waals surface area contributed by atoms with Crippen LogP contribution in [-0.2, 0) is 4.79 Å². The van der Waals surface area contributed by atoms with Gasteiger partial charge in [-0.2, -0.15) is 5.10 Å². The molecule has 0 saturated heterocycles. The van der Waals surface area contributed by atoms with Crippen LogP contribution < -0.4 is 5.56 Å². The first kappa shape index (κ1) is 20.9. The van der Waals surface area contributed by atoms with Gasteiger partial charge in [-0.25, -0.2) is 5.01 Å². The third kappa shape index (κ3) is 3.65. The summed E-state index contributed by atoms with van der Waals surface area (Å²) in [5, 5.41) is 7.18. The Labute approximate surface area is 192 Å². The van der Waals surface area contributed by atoms with Crippen molar-refractivity contribution in [1.29, 1.82) is 0 Å². The fourth-order valence-corrected chi connectivity index (χ4v) is 4.69. The predicted octanol–water partition coefficient (Wildman–Crippen LogP) is 5.51. The first-order chi connectivity index (χ1) is 15.9. The lowest BCUT2D eigenvalue weighted by Gasteiger charge is -2.22. The summed E-state index contributed by atoms with van der Waals surface area (Å²) < 4.78 is 0. The predicted molar refractivity (Wildman–Crippen MR) is 132 cm³/mol. The number of rotatable bonds is 3. The summed E-state index contributed by atoms with van der Waals surface area (Å²) in [4.78, 5) is 29.0. The number of para-hydroxylation sites is 1. The second kappa shape index (κ2) is 8.17. The maximum Gasteiger partial charge on any atom is 0.258 e. The highest BCUT2D eigenvalue weighted by Gasteiger charge is 2.34. The number of benzene rings is 3. The summed E-state index contributed by atoms with van der Waals surface area (Å²) >= 11 is 0. The lowest BCUT2D eigenvalue weighted by Crippen LogP contribution is -2.24. The number of hydrazone groups is 1. The van der Waals surface area contributed by atoms with Gasteiger partial charge in [0.05, 0.1) is 17.3 Å². The normalized spacial score (nSPS) is 15.7. The first-order valence-electron chi connectivity index (χ1n) is 11.1. The molecule has 0 radical (unpaired) electrons. The summed E-state index contributed by atoms with van der Waals surface area (Å²) in [6.45, 7) is 5.59. The monoisotopic (exact) mass is 435 g/mol. The van der Waals surface area contributed by atoms with Crippen molar-refractivity contribution in [3.8, 4) is 11.1 Å². The van der Waals surface area contributed by atoms with Crippen molar-refractivity contribution in [3.05, 3.63) is 105 Å². The lowest BCUT2D eigenvalue weighted by molar-refractivity contribution is -0.130. The number of aromatic amines is 1. The van der Waals surface area contributed by atoms with Gasteiger partial charge >= 0.3 is 0 Å². The highest BCUT2D eigenvalue weighted by Crippen LogP contribution is 2.37. The second-order valence-corrected chi connectivity index (χ2v) is 8.60. The average molecular weight is 436 g/mol. The number of H-pyrrole nitrogens is 1. The van der Waals surface area contributed by atoms with Crippen LogP contribution in [0, 0.1) is 13.8 Å². The molecule has 1 aromatic heterocycles. The van der Waals surface area contributed by atoms with Gasteiger partial charge in [0.15, 0.2) is 0 Å². The molecule has 0 spiro atoms. The van der Waals surface area contributed by atoms with Crippen LogP contribution in [0.1, 0.15) is 41.6 Å². The Morgan fingerprint density at radius 3 is 2.36 bits per heavy atom. The van der Waals surface area contributed by atoms with Gasteiger partial charge in [-0.3, -0.25) is 9.59 Å². The minimum Gasteiger partial charge on any atom is -0.321 e. The molecule has 0 bridgehead atoms. The van der Waals surface area contributed by atoms with Crippen LogP contribution in [0.15, 0.2) is 82.7 Å². The van der Waals surface area contributed by atoms with Gasteiger partial charge in [0.1, 0.15) is 0 Å². The smallest absolute Gasteiger partial charge is 0.258 e. The maximum atomic E-state index is 13.4. The molecule has 1 atom stereocenters. The van der Waals surface area contributed by atoms with Crippen molar-refractivity contribution in [2.24, 2.45) is 5.10 Å². The average Bonchev–Trinajstić information content (AvgIpc) is 3.24. The number of nitrogens with one attached hydrogen (secondary N) is 1. The molecule has 164 valence electrons. The van der Waals surface area contributed by atoms with Gasteiger partial charge < -0.3 is 4.98 Å². The molecule has 33 heavy (non-hydrogen) atoms. The Hall–Kier alpha value is -3.99. The van der Waals surface area contributed by atoms with Crippen LogP contribution in [0.2, 0.25) is 0 Å². The summed E-state index contributed by atoms with van der Waals surface area (Å²) in [7, 11) is 0. The molecule has 0 saturated carbocycles. The lowest BCUT2D eigenvalue weighted by atomic mass is 9.90. The van der Waals surface area contributed by atoms with Gasteiger partial charge in [-0.1, -0.05) is 72.3 Å². The molecule has 3 aromatic carbocycles. The van der Waals surface area contributed by atoms with E-state index < -0.39 is 0 Å². The standard InChI is InChI=1S/C28H25N3O2/c1-17-12-14-20(15-13-17)26-22-10-6-7-11-23(22)29-28(33)27(26)24-16-25(31(30-24)19(3)32)21-9-5-4-8-18(21)2/h4-15,25H,16H2,1-3H3,(H,29,33). The molecule has 0 aliphatic carbocycles. The molecule has 4 aromatic rings. The zero-order valence-corrected chi connectivity index (χ0v) is 18.9. The Bertz CT molecular complexity index is 1470. The number of aromatic nitrogens is 1. The summed E-state index contributed by atoms with van der Waals surface area (Å²) in [5.41, 5.74) is 6.82. The highest BCUT2D eigenvalue weighted by atomic mass is 16.2. The number of pyridine rings is 1. The van der Waals surface area contributed by atoms with Crippen molar-refractivity contribution in [2.45, 2.75) is 33.2 Å². The van der Waals surface area contributed by atoms with E-state index in [-0.39, 0.29) is 17.5 Å². The Morgan fingerprint density at radius 2 is 1.64 bits per heavy atom. The van der Waals surface area contributed by atoms with Crippen LogP contribution in [0.25, 0.3) is 22.0 Å². The van der Waals surface area contributed by atoms with E-state index in [9.17, 15) is 9.59 Å². The number of carbonyl (C=O) groups excluding carboxylic acids is 1. The van der Waals surface area contributed by atoms with Crippen LogP contribution in [0.3, 0.4) is 0 Å². The van der Waals surface area contributed by atoms with Gasteiger partial charge in [-0.05, 0) is 36.6 Å². The van der Waals surface area contributed by atoms with Crippen molar-refractivity contribution in [2.75, 3.05) is 0 Å². The number of fused-ring (bicyclic) bond motifs is 1. The van der Waals surface area contributed by atoms with Gasteiger partial charge in [0.2, 0.25) is 5.91 Å². The largest absolute Gasteiger partial charge is 0.321 e. The summed E-state index contributed by atoms with van der Waals surface area (Å²) in [5.74, 6) is -0.146. The molecule has 1 aliphatic rings. The second-order valence-electron chi connectivity index (χ2n) is 8.60. The van der Waals surface area contributed by atoms with E-state index in [4.69, 9.17) is 5.10 Å². The van der Waals surface area contributed by atoms with Crippen LogP contribution in [0.4, 0.5) is 0 Å². The molecule has 5 nitrogen and oxygen atoms in total. The van der Waals surface area contributed by atoms with E-state index in [1.54, 1.807) is 0 Å². The topological polar surface area (TPSA) is 65.5 Å². The maximum absolute atomic E-state index is 13.4. The molecule has 1 N–H and O–H groups in total. The Kier molecular flexibility index (Phi) is 5.17. The first-order valence-corrected chi connectivity index (χ1v) is 11.1. The highest BCUT2D eigenvalue weighted by molar-refractivity contribution is 6.12. The third-order valence-corrected chi connectivity index (χ3v) is 6.33. The number of aryl methyl sites for hydroxylation is 2. The molecule has 5 rings (SSSR count).